The predicted molar refractivity (Wildman–Crippen MR) is 134 cm³/mol. The van der Waals surface area contributed by atoms with E-state index in [9.17, 15) is 0 Å². The van der Waals surface area contributed by atoms with Crippen LogP contribution in [0.3, 0.4) is 0 Å². The average molecular weight is 486 g/mol. The third kappa shape index (κ3) is 8.96. The van der Waals surface area contributed by atoms with E-state index in [0.717, 1.165) is 25.7 Å². The van der Waals surface area contributed by atoms with Gasteiger partial charge in [0, 0.05) is 26.2 Å². The largest absolute Gasteiger partial charge is 0.642 e. The Morgan fingerprint density at radius 1 is 0.710 bits per heavy atom. The van der Waals surface area contributed by atoms with Gasteiger partial charge in [0.25, 0.3) is 0 Å². The molecule has 0 N–H and O–H groups in total. The van der Waals surface area contributed by atoms with E-state index < -0.39 is 0 Å². The van der Waals surface area contributed by atoms with Crippen LogP contribution in [0.2, 0.25) is 0 Å². The van der Waals surface area contributed by atoms with Crippen LogP contribution in [0.25, 0.3) is 21.5 Å². The molecule has 31 heavy (non-hydrogen) atoms. The minimum Gasteiger partial charge on any atom is -0.642 e. The van der Waals surface area contributed by atoms with Gasteiger partial charge in [-0.25, -0.2) is 0 Å². The van der Waals surface area contributed by atoms with Gasteiger partial charge in [0.1, 0.15) is 0 Å². The van der Waals surface area contributed by atoms with Crippen molar-refractivity contribution in [3.8, 4) is 0 Å². The summed E-state index contributed by atoms with van der Waals surface area (Å²) in [5.74, 6) is 0. The van der Waals surface area contributed by atoms with Gasteiger partial charge < -0.3 is 76.5 Å². The Hall–Kier alpha value is -1.98. The third-order valence-corrected chi connectivity index (χ3v) is 4.95. The number of benzene rings is 2. The van der Waals surface area contributed by atoms with E-state index in [1.807, 2.05) is 0 Å². The van der Waals surface area contributed by atoms with Crippen LogP contribution in [-0.4, -0.2) is 0 Å². The van der Waals surface area contributed by atoms with Gasteiger partial charge in [-0.05, 0) is 0 Å². The van der Waals surface area contributed by atoms with Crippen molar-refractivity contribution in [1.29, 1.82) is 0 Å². The minimum absolute atomic E-state index is 0. The molecule has 0 atom stereocenters. The molecule has 4 aromatic rings. The van der Waals surface area contributed by atoms with Gasteiger partial charge in [-0.3, -0.25) is 0 Å². The first-order valence-corrected chi connectivity index (χ1v) is 11.1. The molecule has 0 aromatic heterocycles. The molecule has 0 bridgehead atoms. The SMILES string of the molecule is CC[C-]=C(CC)C(=[C-]CC)CC.[Zr].c1cc[c-]2[cH-][cH-][cH-][c-]2c1.c1cc[c-]2cccc2c1. The number of allylic oxidation sites excluding steroid dienone is 4. The molecule has 0 saturated heterocycles. The van der Waals surface area contributed by atoms with Crippen LogP contribution in [0.1, 0.15) is 53.4 Å². The summed E-state index contributed by atoms with van der Waals surface area (Å²) < 4.78 is 0. The van der Waals surface area contributed by atoms with E-state index in [1.54, 1.807) is 0 Å². The van der Waals surface area contributed by atoms with Crippen molar-refractivity contribution >= 4 is 21.5 Å². The molecule has 0 nitrogen and oxygen atoms in total. The Bertz CT molecular complexity index is 896. The van der Waals surface area contributed by atoms with Crippen LogP contribution in [0.5, 0.6) is 0 Å². The standard InChI is InChI=1S/C12H20.2C9H7.Zr/c1-5-9-11(7-3)12(8-4)10-6-2;2*1-2-5-9-7-3-6-8(9)4-1;/h5-8H2,1-4H3;2*1-7H;/q-2;-5;-1;. The van der Waals surface area contributed by atoms with Crippen LogP contribution in [0.4, 0.5) is 0 Å². The average Bonchev–Trinajstić information content (AvgIpc) is 3.46. The Morgan fingerprint density at radius 2 is 1.19 bits per heavy atom. The summed E-state index contributed by atoms with van der Waals surface area (Å²) in [5, 5.41) is 5.32. The summed E-state index contributed by atoms with van der Waals surface area (Å²) in [6, 6.07) is 29.3. The Kier molecular flexibility index (Phi) is 13.8. The molecule has 0 aliphatic carbocycles. The molecule has 166 valence electrons. The van der Waals surface area contributed by atoms with Gasteiger partial charge >= 0.3 is 0 Å². The molecule has 0 unspecified atom stereocenters. The van der Waals surface area contributed by atoms with Crippen molar-refractivity contribution < 1.29 is 26.2 Å². The topological polar surface area (TPSA) is 0 Å². The predicted octanol–water partition coefficient (Wildman–Crippen LogP) is 9.20. The number of fused-ring (bicyclic) bond motifs is 2. The zero-order valence-corrected chi connectivity index (χ0v) is 21.9. The van der Waals surface area contributed by atoms with E-state index in [4.69, 9.17) is 0 Å². The first kappa shape index (κ1) is 27.1. The van der Waals surface area contributed by atoms with Gasteiger partial charge in [-0.1, -0.05) is 33.1 Å². The van der Waals surface area contributed by atoms with E-state index in [0.29, 0.717) is 0 Å². The molecule has 0 fully saturated rings. The first-order chi connectivity index (χ1) is 14.7. The second-order valence-corrected chi connectivity index (χ2v) is 7.03. The molecule has 0 saturated carbocycles. The number of hydrogen-bond donors (Lipinski definition) is 0. The van der Waals surface area contributed by atoms with Crippen molar-refractivity contribution in [2.75, 3.05) is 0 Å². The number of rotatable bonds is 5. The van der Waals surface area contributed by atoms with Crippen molar-refractivity contribution in [2.45, 2.75) is 53.4 Å². The summed E-state index contributed by atoms with van der Waals surface area (Å²) in [4.78, 5) is 0. The molecule has 0 aliphatic heterocycles. The van der Waals surface area contributed by atoms with Gasteiger partial charge in [-0.15, -0.1) is 61.4 Å². The summed E-state index contributed by atoms with van der Waals surface area (Å²) >= 11 is 0. The van der Waals surface area contributed by atoms with Crippen LogP contribution in [-0.2, 0) is 26.2 Å². The fraction of sp³-hybridized carbons (Fsp3) is 0.267. The van der Waals surface area contributed by atoms with Crippen LogP contribution >= 0.6 is 0 Å². The second-order valence-electron chi connectivity index (χ2n) is 7.03. The van der Waals surface area contributed by atoms with E-state index in [2.05, 4.69) is 125 Å². The molecule has 0 heterocycles. The van der Waals surface area contributed by atoms with Crippen molar-refractivity contribution in [2.24, 2.45) is 0 Å². The molecule has 1 heteroatoms. The molecule has 4 aromatic carbocycles. The summed E-state index contributed by atoms with van der Waals surface area (Å²) in [6.07, 6.45) is 11.0. The molecule has 0 radical (unpaired) electrons. The Balaban J connectivity index is 0.000000231. The molecule has 0 spiro atoms. The Labute approximate surface area is 208 Å². The van der Waals surface area contributed by atoms with Gasteiger partial charge in [0.15, 0.2) is 0 Å². The monoisotopic (exact) mass is 484 g/mol. The maximum absolute atomic E-state index is 3.39. The van der Waals surface area contributed by atoms with E-state index in [-0.39, 0.29) is 26.2 Å². The minimum atomic E-state index is 0. The molecule has 4 rings (SSSR count). The number of hydrogen-bond acceptors (Lipinski definition) is 0. The zero-order valence-electron chi connectivity index (χ0n) is 19.4. The van der Waals surface area contributed by atoms with Crippen LogP contribution in [0, 0.1) is 12.2 Å². The first-order valence-electron chi connectivity index (χ1n) is 11.1. The van der Waals surface area contributed by atoms with Gasteiger partial charge in [-0.2, -0.15) is 12.1 Å². The van der Waals surface area contributed by atoms with Gasteiger partial charge in [0.05, 0.1) is 0 Å². The van der Waals surface area contributed by atoms with Crippen LogP contribution < -0.4 is 0 Å². The van der Waals surface area contributed by atoms with Crippen molar-refractivity contribution in [3.63, 3.8) is 0 Å². The summed E-state index contributed by atoms with van der Waals surface area (Å²) in [7, 11) is 0. The molecule has 0 amide bonds. The summed E-state index contributed by atoms with van der Waals surface area (Å²) in [6.45, 7) is 8.64. The van der Waals surface area contributed by atoms with E-state index >= 15 is 0 Å². The smallest absolute Gasteiger partial charge is 0 e. The second kappa shape index (κ2) is 15.8. The normalized spacial score (nSPS) is 11.2. The summed E-state index contributed by atoms with van der Waals surface area (Å²) in [5.41, 5.74) is 2.73. The van der Waals surface area contributed by atoms with E-state index in [1.165, 1.54) is 32.7 Å². The van der Waals surface area contributed by atoms with Gasteiger partial charge in [0.2, 0.25) is 0 Å². The fourth-order valence-electron chi connectivity index (χ4n) is 3.46. The maximum atomic E-state index is 3.39. The van der Waals surface area contributed by atoms with Crippen molar-refractivity contribution in [3.05, 3.63) is 108 Å². The third-order valence-electron chi connectivity index (χ3n) is 4.95. The molecular formula is C30H34Zr-8. The van der Waals surface area contributed by atoms with Crippen molar-refractivity contribution in [1.82, 2.24) is 0 Å². The Morgan fingerprint density at radius 3 is 1.68 bits per heavy atom. The molecular weight excluding hydrogens is 452 g/mol. The zero-order chi connectivity index (χ0) is 21.6. The maximum Gasteiger partial charge on any atom is 0 e. The quantitative estimate of drug-likeness (QED) is 0.195. The van der Waals surface area contributed by atoms with Crippen LogP contribution in [0.15, 0.2) is 96.1 Å². The fourth-order valence-corrected chi connectivity index (χ4v) is 3.46. The molecule has 0 aliphatic rings.